The van der Waals surface area contributed by atoms with Crippen molar-refractivity contribution in [3.05, 3.63) is 94.2 Å². The lowest BCUT2D eigenvalue weighted by molar-refractivity contribution is 0.0997. The largest absolute Gasteiger partial charge is 0.451 e. The zero-order valence-electron chi connectivity index (χ0n) is 15.7. The van der Waals surface area contributed by atoms with E-state index in [4.69, 9.17) is 4.42 Å². The molecule has 0 aliphatic carbocycles. The minimum Gasteiger partial charge on any atom is -0.451 e. The molecule has 2 aromatic heterocycles. The van der Waals surface area contributed by atoms with E-state index < -0.39 is 0 Å². The first-order valence-corrected chi connectivity index (χ1v) is 9.87. The van der Waals surface area contributed by atoms with Gasteiger partial charge in [0, 0.05) is 23.1 Å². The monoisotopic (exact) mass is 388 g/mol. The molecule has 140 valence electrons. The molecular formula is C23H20N2O2S. The fourth-order valence-electron chi connectivity index (χ4n) is 2.85. The van der Waals surface area contributed by atoms with Crippen molar-refractivity contribution in [1.29, 1.82) is 0 Å². The van der Waals surface area contributed by atoms with Crippen LogP contribution in [-0.4, -0.2) is 10.9 Å². The number of rotatable bonds is 5. The SMILES string of the molecule is Cc1ccc(Cc2cnc(NC(=O)c3ccc(-c4ccc(C)cc4)o3)s2)cc1. The van der Waals surface area contributed by atoms with Crippen molar-refractivity contribution in [3.63, 3.8) is 0 Å². The summed E-state index contributed by atoms with van der Waals surface area (Å²) in [5, 5.41) is 3.39. The van der Waals surface area contributed by atoms with Crippen LogP contribution >= 0.6 is 11.3 Å². The average molecular weight is 388 g/mol. The van der Waals surface area contributed by atoms with E-state index in [1.54, 1.807) is 12.3 Å². The van der Waals surface area contributed by atoms with Crippen molar-refractivity contribution >= 4 is 22.4 Å². The zero-order chi connectivity index (χ0) is 19.5. The molecule has 2 heterocycles. The Hall–Kier alpha value is -3.18. The number of amides is 1. The van der Waals surface area contributed by atoms with Crippen LogP contribution in [0.1, 0.15) is 32.1 Å². The lowest BCUT2D eigenvalue weighted by atomic mass is 10.1. The number of anilines is 1. The van der Waals surface area contributed by atoms with Gasteiger partial charge in [-0.3, -0.25) is 10.1 Å². The van der Waals surface area contributed by atoms with Crippen LogP contribution in [-0.2, 0) is 6.42 Å². The predicted molar refractivity (Wildman–Crippen MR) is 113 cm³/mol. The molecule has 4 aromatic rings. The molecule has 0 bridgehead atoms. The van der Waals surface area contributed by atoms with Crippen LogP contribution < -0.4 is 5.32 Å². The van der Waals surface area contributed by atoms with Gasteiger partial charge in [-0.05, 0) is 31.5 Å². The van der Waals surface area contributed by atoms with Gasteiger partial charge in [0.25, 0.3) is 5.91 Å². The summed E-state index contributed by atoms with van der Waals surface area (Å²) in [6, 6.07) is 19.9. The van der Waals surface area contributed by atoms with E-state index in [1.807, 2.05) is 37.3 Å². The van der Waals surface area contributed by atoms with Crippen molar-refractivity contribution < 1.29 is 9.21 Å². The molecule has 4 nitrogen and oxygen atoms in total. The Morgan fingerprint density at radius 1 is 0.964 bits per heavy atom. The Bertz CT molecular complexity index is 1090. The van der Waals surface area contributed by atoms with Crippen LogP contribution in [0.15, 0.2) is 71.3 Å². The number of hydrogen-bond donors (Lipinski definition) is 1. The number of nitrogens with one attached hydrogen (secondary N) is 1. The van der Waals surface area contributed by atoms with Gasteiger partial charge in [0.1, 0.15) is 5.76 Å². The molecule has 0 radical (unpaired) electrons. The number of aromatic nitrogens is 1. The van der Waals surface area contributed by atoms with Crippen LogP contribution in [0.25, 0.3) is 11.3 Å². The Kier molecular flexibility index (Phi) is 5.08. The van der Waals surface area contributed by atoms with Crippen LogP contribution in [0.4, 0.5) is 5.13 Å². The van der Waals surface area contributed by atoms with Gasteiger partial charge in [0.05, 0.1) is 0 Å². The molecule has 0 aliphatic heterocycles. The number of nitrogens with zero attached hydrogens (tertiary/aromatic N) is 1. The molecule has 4 rings (SSSR count). The normalized spacial score (nSPS) is 10.8. The molecule has 0 aliphatic rings. The summed E-state index contributed by atoms with van der Waals surface area (Å²) in [5.74, 6) is 0.643. The quantitative estimate of drug-likeness (QED) is 0.466. The summed E-state index contributed by atoms with van der Waals surface area (Å²) in [6.07, 6.45) is 2.60. The van der Waals surface area contributed by atoms with E-state index in [-0.39, 0.29) is 11.7 Å². The third kappa shape index (κ3) is 4.21. The Morgan fingerprint density at radius 2 is 1.64 bits per heavy atom. The minimum atomic E-state index is -0.297. The molecule has 0 saturated heterocycles. The van der Waals surface area contributed by atoms with Crippen LogP contribution in [0, 0.1) is 13.8 Å². The van der Waals surface area contributed by atoms with E-state index in [0.29, 0.717) is 10.9 Å². The van der Waals surface area contributed by atoms with E-state index >= 15 is 0 Å². The van der Waals surface area contributed by atoms with Crippen molar-refractivity contribution in [2.75, 3.05) is 5.32 Å². The summed E-state index contributed by atoms with van der Waals surface area (Å²) in [4.78, 5) is 17.9. The highest BCUT2D eigenvalue weighted by Gasteiger charge is 2.14. The predicted octanol–water partition coefficient (Wildman–Crippen LogP) is 5.86. The molecule has 28 heavy (non-hydrogen) atoms. The van der Waals surface area contributed by atoms with E-state index in [9.17, 15) is 4.79 Å². The Labute approximate surface area is 167 Å². The number of carbonyl (C=O) groups is 1. The molecule has 1 amide bonds. The van der Waals surface area contributed by atoms with Gasteiger partial charge < -0.3 is 4.42 Å². The Morgan fingerprint density at radius 3 is 2.36 bits per heavy atom. The van der Waals surface area contributed by atoms with Gasteiger partial charge in [-0.1, -0.05) is 59.7 Å². The standard InChI is InChI=1S/C23H20N2O2S/c1-15-3-7-17(8-4-15)13-19-14-24-23(28-19)25-22(26)21-12-11-20(27-21)18-9-5-16(2)6-10-18/h3-12,14H,13H2,1-2H3,(H,24,25,26). The Balaban J connectivity index is 1.42. The number of carbonyl (C=O) groups excluding carboxylic acids is 1. The van der Waals surface area contributed by atoms with Crippen LogP contribution in [0.3, 0.4) is 0 Å². The van der Waals surface area contributed by atoms with Gasteiger partial charge in [0.15, 0.2) is 10.9 Å². The number of hydrogen-bond acceptors (Lipinski definition) is 4. The fraction of sp³-hybridized carbons (Fsp3) is 0.130. The highest BCUT2D eigenvalue weighted by atomic mass is 32.1. The maximum Gasteiger partial charge on any atom is 0.293 e. The maximum atomic E-state index is 12.5. The number of benzene rings is 2. The van der Waals surface area contributed by atoms with E-state index in [1.165, 1.54) is 28.0 Å². The summed E-state index contributed by atoms with van der Waals surface area (Å²) >= 11 is 1.47. The first-order valence-electron chi connectivity index (χ1n) is 9.05. The van der Waals surface area contributed by atoms with Crippen molar-refractivity contribution in [3.8, 4) is 11.3 Å². The molecule has 5 heteroatoms. The number of thiazole rings is 1. The number of furan rings is 1. The first-order chi connectivity index (χ1) is 13.6. The molecule has 0 spiro atoms. The third-order valence-electron chi connectivity index (χ3n) is 4.44. The smallest absolute Gasteiger partial charge is 0.293 e. The van der Waals surface area contributed by atoms with Crippen molar-refractivity contribution in [2.45, 2.75) is 20.3 Å². The molecule has 2 aromatic carbocycles. The summed E-state index contributed by atoms with van der Waals surface area (Å²) < 4.78 is 5.72. The van der Waals surface area contributed by atoms with Crippen molar-refractivity contribution in [1.82, 2.24) is 4.98 Å². The molecule has 0 unspecified atom stereocenters. The summed E-state index contributed by atoms with van der Waals surface area (Å²) in [5.41, 5.74) is 4.59. The molecule has 0 fully saturated rings. The fourth-order valence-corrected chi connectivity index (χ4v) is 3.69. The topological polar surface area (TPSA) is 55.1 Å². The molecule has 1 N–H and O–H groups in total. The first kappa shape index (κ1) is 18.2. The van der Waals surface area contributed by atoms with Gasteiger partial charge in [-0.2, -0.15) is 0 Å². The van der Waals surface area contributed by atoms with Gasteiger partial charge in [-0.15, -0.1) is 11.3 Å². The average Bonchev–Trinajstić information content (AvgIpc) is 3.34. The number of aryl methyl sites for hydroxylation is 2. The third-order valence-corrected chi connectivity index (χ3v) is 5.35. The molecule has 0 atom stereocenters. The van der Waals surface area contributed by atoms with Gasteiger partial charge in [0.2, 0.25) is 0 Å². The molecular weight excluding hydrogens is 368 g/mol. The van der Waals surface area contributed by atoms with Crippen LogP contribution in [0.5, 0.6) is 0 Å². The maximum absolute atomic E-state index is 12.5. The lowest BCUT2D eigenvalue weighted by Crippen LogP contribution is -2.10. The molecule has 0 saturated carbocycles. The van der Waals surface area contributed by atoms with Gasteiger partial charge >= 0.3 is 0 Å². The van der Waals surface area contributed by atoms with Crippen LogP contribution in [0.2, 0.25) is 0 Å². The van der Waals surface area contributed by atoms with Crippen molar-refractivity contribution in [2.24, 2.45) is 0 Å². The van der Waals surface area contributed by atoms with Gasteiger partial charge in [-0.25, -0.2) is 4.98 Å². The second-order valence-electron chi connectivity index (χ2n) is 6.78. The zero-order valence-corrected chi connectivity index (χ0v) is 16.5. The second-order valence-corrected chi connectivity index (χ2v) is 7.89. The summed E-state index contributed by atoms with van der Waals surface area (Å²) in [6.45, 7) is 4.11. The van der Waals surface area contributed by atoms with E-state index in [0.717, 1.165) is 16.9 Å². The minimum absolute atomic E-state index is 0.269. The highest BCUT2D eigenvalue weighted by Crippen LogP contribution is 2.25. The summed E-state index contributed by atoms with van der Waals surface area (Å²) in [7, 11) is 0. The second kappa shape index (κ2) is 7.82. The van der Waals surface area contributed by atoms with E-state index in [2.05, 4.69) is 41.5 Å². The lowest BCUT2D eigenvalue weighted by Gasteiger charge is -2.00. The highest BCUT2D eigenvalue weighted by molar-refractivity contribution is 7.15.